The van der Waals surface area contributed by atoms with Crippen molar-refractivity contribution in [1.29, 1.82) is 0 Å². The van der Waals surface area contributed by atoms with Crippen LogP contribution in [0.2, 0.25) is 0 Å². The lowest BCUT2D eigenvalue weighted by molar-refractivity contribution is 0.616. The largest absolute Gasteiger partial charge is 0.367 e. The van der Waals surface area contributed by atoms with E-state index in [2.05, 4.69) is 33.8 Å². The molecule has 1 aromatic rings. The first-order valence-corrected chi connectivity index (χ1v) is 6.43. The molecule has 90 valence electrons. The van der Waals surface area contributed by atoms with Crippen molar-refractivity contribution in [2.24, 2.45) is 0 Å². The van der Waals surface area contributed by atoms with Crippen LogP contribution in [0.5, 0.6) is 0 Å². The van der Waals surface area contributed by atoms with Gasteiger partial charge in [-0.15, -0.1) is 0 Å². The highest BCUT2D eigenvalue weighted by Crippen LogP contribution is 2.13. The number of rotatable bonds is 6. The number of nitrogens with one attached hydrogen (secondary N) is 2. The number of nitrogens with zero attached hydrogens (tertiary/aromatic N) is 2. The molecule has 0 amide bonds. The van der Waals surface area contributed by atoms with Crippen LogP contribution in [0.15, 0.2) is 6.20 Å². The molecule has 6 heteroatoms. The summed E-state index contributed by atoms with van der Waals surface area (Å²) in [5.74, 6) is 0.255. The molecule has 1 rings (SSSR count). The number of hydrogen-bond acceptors (Lipinski definition) is 5. The van der Waals surface area contributed by atoms with Crippen molar-refractivity contribution < 1.29 is 4.39 Å². The van der Waals surface area contributed by atoms with E-state index in [1.807, 2.05) is 0 Å². The molecule has 1 heterocycles. The number of anilines is 2. The lowest BCUT2D eigenvalue weighted by Gasteiger charge is -2.10. The molecular formula is C10H17FN4S. The number of halogens is 1. The van der Waals surface area contributed by atoms with Gasteiger partial charge in [0.05, 0.1) is 6.20 Å². The number of hydrogen-bond donors (Lipinski definition) is 2. The van der Waals surface area contributed by atoms with Gasteiger partial charge in [0.1, 0.15) is 0 Å². The molecule has 2 N–H and O–H groups in total. The van der Waals surface area contributed by atoms with Gasteiger partial charge in [-0.25, -0.2) is 9.37 Å². The third-order valence-corrected chi connectivity index (χ3v) is 3.25. The van der Waals surface area contributed by atoms with Crippen molar-refractivity contribution in [3.63, 3.8) is 0 Å². The Balaban J connectivity index is 2.52. The first-order valence-electron chi connectivity index (χ1n) is 5.14. The van der Waals surface area contributed by atoms with Crippen molar-refractivity contribution in [3.05, 3.63) is 12.0 Å². The summed E-state index contributed by atoms with van der Waals surface area (Å²) in [4.78, 5) is 7.77. The van der Waals surface area contributed by atoms with E-state index in [1.165, 1.54) is 6.20 Å². The molecule has 0 aliphatic carbocycles. The maximum Gasteiger partial charge on any atom is 0.224 e. The average molecular weight is 244 g/mol. The van der Waals surface area contributed by atoms with E-state index < -0.39 is 5.82 Å². The van der Waals surface area contributed by atoms with E-state index >= 15 is 0 Å². The SMILES string of the molecule is CNc1ncc(F)c(NCCC(C)SC)n1. The monoisotopic (exact) mass is 244 g/mol. The minimum Gasteiger partial charge on any atom is -0.367 e. The smallest absolute Gasteiger partial charge is 0.224 e. The standard InChI is InChI=1S/C10H17FN4S/c1-7(16-3)4-5-13-9-8(11)6-14-10(12-2)15-9/h6-7H,4-5H2,1-3H3,(H2,12,13,14,15). The summed E-state index contributed by atoms with van der Waals surface area (Å²) in [5, 5.41) is 6.30. The van der Waals surface area contributed by atoms with E-state index in [9.17, 15) is 4.39 Å². The van der Waals surface area contributed by atoms with Gasteiger partial charge in [-0.05, 0) is 12.7 Å². The zero-order chi connectivity index (χ0) is 12.0. The summed E-state index contributed by atoms with van der Waals surface area (Å²) in [6.07, 6.45) is 4.20. The topological polar surface area (TPSA) is 49.8 Å². The zero-order valence-corrected chi connectivity index (χ0v) is 10.6. The second-order valence-corrected chi connectivity index (χ2v) is 4.68. The summed E-state index contributed by atoms with van der Waals surface area (Å²) >= 11 is 1.79. The van der Waals surface area contributed by atoms with Gasteiger partial charge in [0, 0.05) is 18.8 Å². The minimum atomic E-state index is -0.421. The molecule has 0 spiro atoms. The molecule has 16 heavy (non-hydrogen) atoms. The summed E-state index contributed by atoms with van der Waals surface area (Å²) < 4.78 is 13.3. The molecule has 1 aromatic heterocycles. The zero-order valence-electron chi connectivity index (χ0n) is 9.75. The van der Waals surface area contributed by atoms with Crippen molar-refractivity contribution in [3.8, 4) is 0 Å². The van der Waals surface area contributed by atoms with Gasteiger partial charge in [0.2, 0.25) is 5.95 Å². The van der Waals surface area contributed by atoms with Crippen LogP contribution < -0.4 is 10.6 Å². The molecule has 1 atom stereocenters. The molecule has 0 aliphatic heterocycles. The van der Waals surface area contributed by atoms with Crippen molar-refractivity contribution in [2.45, 2.75) is 18.6 Å². The van der Waals surface area contributed by atoms with Crippen LogP contribution in [-0.4, -0.2) is 35.1 Å². The molecule has 0 radical (unpaired) electrons. The van der Waals surface area contributed by atoms with Gasteiger partial charge in [-0.3, -0.25) is 0 Å². The molecule has 0 fully saturated rings. The Morgan fingerprint density at radius 1 is 1.56 bits per heavy atom. The Morgan fingerprint density at radius 3 is 2.94 bits per heavy atom. The fourth-order valence-electron chi connectivity index (χ4n) is 1.12. The average Bonchev–Trinajstić information content (AvgIpc) is 2.31. The summed E-state index contributed by atoms with van der Waals surface area (Å²) in [5.41, 5.74) is 0. The Bertz CT molecular complexity index is 335. The van der Waals surface area contributed by atoms with Crippen LogP contribution in [0.3, 0.4) is 0 Å². The lowest BCUT2D eigenvalue weighted by Crippen LogP contribution is -2.11. The molecular weight excluding hydrogens is 227 g/mol. The molecule has 0 aliphatic rings. The Labute approximate surface area is 99.4 Å². The minimum absolute atomic E-state index is 0.257. The number of thioether (sulfide) groups is 1. The molecule has 0 saturated heterocycles. The third-order valence-electron chi connectivity index (χ3n) is 2.21. The highest BCUT2D eigenvalue weighted by molar-refractivity contribution is 7.99. The van der Waals surface area contributed by atoms with Crippen molar-refractivity contribution >= 4 is 23.5 Å². The summed E-state index contributed by atoms with van der Waals surface area (Å²) in [7, 11) is 1.70. The summed E-state index contributed by atoms with van der Waals surface area (Å²) in [6.45, 7) is 2.85. The second kappa shape index (κ2) is 6.52. The van der Waals surface area contributed by atoms with Crippen LogP contribution in [0.25, 0.3) is 0 Å². The molecule has 1 unspecified atom stereocenters. The van der Waals surface area contributed by atoms with Crippen molar-refractivity contribution in [1.82, 2.24) is 9.97 Å². The van der Waals surface area contributed by atoms with Gasteiger partial charge in [-0.1, -0.05) is 6.92 Å². The lowest BCUT2D eigenvalue weighted by atomic mass is 10.3. The quantitative estimate of drug-likeness (QED) is 0.803. The van der Waals surface area contributed by atoms with E-state index in [4.69, 9.17) is 0 Å². The van der Waals surface area contributed by atoms with Gasteiger partial charge in [0.15, 0.2) is 11.6 Å². The fourth-order valence-corrected chi connectivity index (χ4v) is 1.48. The highest BCUT2D eigenvalue weighted by atomic mass is 32.2. The third kappa shape index (κ3) is 3.84. The Morgan fingerprint density at radius 2 is 2.31 bits per heavy atom. The maximum absolute atomic E-state index is 13.3. The van der Waals surface area contributed by atoms with Crippen LogP contribution in [0, 0.1) is 5.82 Å². The van der Waals surface area contributed by atoms with E-state index in [0.717, 1.165) is 6.42 Å². The summed E-state index contributed by atoms with van der Waals surface area (Å²) in [6, 6.07) is 0. The normalized spacial score (nSPS) is 12.2. The molecule has 0 aromatic carbocycles. The molecule has 0 saturated carbocycles. The van der Waals surface area contributed by atoms with Gasteiger partial charge >= 0.3 is 0 Å². The number of aromatic nitrogens is 2. The maximum atomic E-state index is 13.3. The predicted molar refractivity (Wildman–Crippen MR) is 67.6 cm³/mol. The molecule has 4 nitrogen and oxygen atoms in total. The van der Waals surface area contributed by atoms with E-state index in [0.29, 0.717) is 17.7 Å². The van der Waals surface area contributed by atoms with Crippen molar-refractivity contribution in [2.75, 3.05) is 30.5 Å². The fraction of sp³-hybridized carbons (Fsp3) is 0.600. The van der Waals surface area contributed by atoms with Gasteiger partial charge in [0.25, 0.3) is 0 Å². The van der Waals surface area contributed by atoms with Crippen LogP contribution in [0.4, 0.5) is 16.2 Å². The predicted octanol–water partition coefficient (Wildman–Crippen LogP) is 2.21. The van der Waals surface area contributed by atoms with Gasteiger partial charge < -0.3 is 10.6 Å². The van der Waals surface area contributed by atoms with E-state index in [1.54, 1.807) is 18.8 Å². The Hall–Kier alpha value is -1.04. The molecule has 0 bridgehead atoms. The van der Waals surface area contributed by atoms with Gasteiger partial charge in [-0.2, -0.15) is 16.7 Å². The second-order valence-electron chi connectivity index (χ2n) is 3.40. The van der Waals surface area contributed by atoms with Crippen LogP contribution >= 0.6 is 11.8 Å². The Kier molecular flexibility index (Phi) is 5.31. The highest BCUT2D eigenvalue weighted by Gasteiger charge is 2.06. The first kappa shape index (κ1) is 13.0. The first-order chi connectivity index (χ1) is 7.67. The van der Waals surface area contributed by atoms with E-state index in [-0.39, 0.29) is 5.82 Å². The van der Waals surface area contributed by atoms with Crippen LogP contribution in [-0.2, 0) is 0 Å². The van der Waals surface area contributed by atoms with Crippen LogP contribution in [0.1, 0.15) is 13.3 Å².